The van der Waals surface area contributed by atoms with Crippen molar-refractivity contribution in [1.82, 2.24) is 0 Å². The van der Waals surface area contributed by atoms with E-state index in [1.807, 2.05) is 0 Å². The molecule has 0 aliphatic heterocycles. The molecule has 2 saturated carbocycles. The van der Waals surface area contributed by atoms with Crippen molar-refractivity contribution in [3.63, 3.8) is 0 Å². The van der Waals surface area contributed by atoms with E-state index in [0.717, 1.165) is 12.5 Å². The lowest BCUT2D eigenvalue weighted by atomic mass is 9.94. The molecule has 1 aromatic rings. The third-order valence-corrected chi connectivity index (χ3v) is 4.42. The van der Waals surface area contributed by atoms with Crippen LogP contribution in [0.1, 0.15) is 44.1 Å². The van der Waals surface area contributed by atoms with Crippen molar-refractivity contribution in [1.29, 1.82) is 0 Å². The van der Waals surface area contributed by atoms with Crippen LogP contribution in [0.15, 0.2) is 30.3 Å². The molecule has 0 saturated heterocycles. The molecule has 0 radical (unpaired) electrons. The summed E-state index contributed by atoms with van der Waals surface area (Å²) >= 11 is 0. The molecule has 0 atom stereocenters. The lowest BCUT2D eigenvalue weighted by molar-refractivity contribution is -0.0687. The highest BCUT2D eigenvalue weighted by Gasteiger charge is 2.46. The average molecular weight is 216 g/mol. The van der Waals surface area contributed by atoms with Gasteiger partial charge in [0, 0.05) is 0 Å². The average Bonchev–Trinajstić information content (AvgIpc) is 2.87. The monoisotopic (exact) mass is 216 g/mol. The molecule has 0 spiro atoms. The SMILES string of the molecule is c1ccc(COC23CCCC2CCC3)cc1. The summed E-state index contributed by atoms with van der Waals surface area (Å²) in [5.41, 5.74) is 1.57. The Morgan fingerprint density at radius 3 is 2.44 bits per heavy atom. The number of rotatable bonds is 3. The van der Waals surface area contributed by atoms with Crippen LogP contribution in [0.3, 0.4) is 0 Å². The summed E-state index contributed by atoms with van der Waals surface area (Å²) in [4.78, 5) is 0. The van der Waals surface area contributed by atoms with Gasteiger partial charge in [0.15, 0.2) is 0 Å². The van der Waals surface area contributed by atoms with E-state index in [2.05, 4.69) is 30.3 Å². The minimum Gasteiger partial charge on any atom is -0.370 e. The molecule has 1 aromatic carbocycles. The maximum Gasteiger partial charge on any atom is 0.0724 e. The predicted molar refractivity (Wildman–Crippen MR) is 65.2 cm³/mol. The Hall–Kier alpha value is -0.820. The van der Waals surface area contributed by atoms with Gasteiger partial charge in [-0.3, -0.25) is 0 Å². The quantitative estimate of drug-likeness (QED) is 0.744. The number of fused-ring (bicyclic) bond motifs is 1. The van der Waals surface area contributed by atoms with Gasteiger partial charge >= 0.3 is 0 Å². The standard InChI is InChI=1S/C15H20O/c1-2-6-13(7-3-1)12-16-15-10-4-8-14(15)9-5-11-15/h1-3,6-7,14H,4-5,8-12H2. The van der Waals surface area contributed by atoms with Crippen molar-refractivity contribution in [2.45, 2.75) is 50.7 Å². The molecule has 0 aromatic heterocycles. The number of hydrogen-bond acceptors (Lipinski definition) is 1. The van der Waals surface area contributed by atoms with Crippen LogP contribution in [0.25, 0.3) is 0 Å². The molecule has 86 valence electrons. The van der Waals surface area contributed by atoms with Crippen molar-refractivity contribution in [3.8, 4) is 0 Å². The van der Waals surface area contributed by atoms with Crippen molar-refractivity contribution in [2.75, 3.05) is 0 Å². The van der Waals surface area contributed by atoms with E-state index in [4.69, 9.17) is 4.74 Å². The molecule has 1 nitrogen and oxygen atoms in total. The summed E-state index contributed by atoms with van der Waals surface area (Å²) in [5, 5.41) is 0. The van der Waals surface area contributed by atoms with Crippen LogP contribution in [0.2, 0.25) is 0 Å². The van der Waals surface area contributed by atoms with E-state index in [-0.39, 0.29) is 5.60 Å². The lowest BCUT2D eigenvalue weighted by Gasteiger charge is -2.29. The minimum absolute atomic E-state index is 0.260. The molecule has 0 N–H and O–H groups in total. The Kier molecular flexibility index (Phi) is 2.72. The Bertz CT molecular complexity index is 334. The van der Waals surface area contributed by atoms with E-state index in [1.54, 1.807) is 0 Å². The van der Waals surface area contributed by atoms with Gasteiger partial charge in [-0.05, 0) is 37.2 Å². The van der Waals surface area contributed by atoms with Gasteiger partial charge in [0.25, 0.3) is 0 Å². The molecule has 0 unspecified atom stereocenters. The zero-order valence-electron chi connectivity index (χ0n) is 9.82. The Morgan fingerprint density at radius 2 is 1.75 bits per heavy atom. The molecule has 2 aliphatic rings. The summed E-state index contributed by atoms with van der Waals surface area (Å²) in [6.45, 7) is 0.803. The first-order valence-corrected chi connectivity index (χ1v) is 6.57. The normalized spacial score (nSPS) is 32.9. The van der Waals surface area contributed by atoms with Gasteiger partial charge in [-0.15, -0.1) is 0 Å². The maximum atomic E-state index is 6.30. The topological polar surface area (TPSA) is 9.23 Å². The Morgan fingerprint density at radius 1 is 1.06 bits per heavy atom. The van der Waals surface area contributed by atoms with Gasteiger partial charge in [0.05, 0.1) is 12.2 Å². The second-order valence-electron chi connectivity index (χ2n) is 5.32. The van der Waals surface area contributed by atoms with Gasteiger partial charge in [-0.25, -0.2) is 0 Å². The summed E-state index contributed by atoms with van der Waals surface area (Å²) in [5.74, 6) is 0.858. The summed E-state index contributed by atoms with van der Waals surface area (Å²) in [7, 11) is 0. The second kappa shape index (κ2) is 4.21. The first-order chi connectivity index (χ1) is 7.89. The van der Waals surface area contributed by atoms with Gasteiger partial charge in [-0.1, -0.05) is 43.2 Å². The Labute approximate surface area is 97.8 Å². The highest BCUT2D eigenvalue weighted by molar-refractivity contribution is 5.14. The molecule has 0 bridgehead atoms. The lowest BCUT2D eigenvalue weighted by Crippen LogP contribution is -2.31. The molecule has 2 fully saturated rings. The van der Waals surface area contributed by atoms with E-state index in [9.17, 15) is 0 Å². The van der Waals surface area contributed by atoms with Gasteiger partial charge in [0.2, 0.25) is 0 Å². The molecule has 1 heteroatoms. The molecule has 0 heterocycles. The number of ether oxygens (including phenoxy) is 1. The van der Waals surface area contributed by atoms with Crippen LogP contribution in [-0.4, -0.2) is 5.60 Å². The summed E-state index contributed by atoms with van der Waals surface area (Å²) in [6.07, 6.45) is 8.14. The molecular weight excluding hydrogens is 196 g/mol. The highest BCUT2D eigenvalue weighted by atomic mass is 16.5. The molecule has 0 amide bonds. The van der Waals surface area contributed by atoms with E-state index < -0.39 is 0 Å². The first-order valence-electron chi connectivity index (χ1n) is 6.57. The van der Waals surface area contributed by atoms with Crippen LogP contribution in [0.4, 0.5) is 0 Å². The molecule has 3 rings (SSSR count). The fourth-order valence-electron chi connectivity index (χ4n) is 3.56. The third-order valence-electron chi connectivity index (χ3n) is 4.42. The van der Waals surface area contributed by atoms with E-state index >= 15 is 0 Å². The van der Waals surface area contributed by atoms with Crippen LogP contribution in [0, 0.1) is 5.92 Å². The summed E-state index contributed by atoms with van der Waals surface area (Å²) in [6, 6.07) is 10.6. The molecular formula is C15H20O. The number of benzene rings is 1. The van der Waals surface area contributed by atoms with Crippen molar-refractivity contribution < 1.29 is 4.74 Å². The van der Waals surface area contributed by atoms with Crippen LogP contribution >= 0.6 is 0 Å². The summed E-state index contributed by atoms with van der Waals surface area (Å²) < 4.78 is 6.30. The number of hydrogen-bond donors (Lipinski definition) is 0. The van der Waals surface area contributed by atoms with E-state index in [1.165, 1.54) is 44.1 Å². The zero-order chi connectivity index (χ0) is 10.8. The zero-order valence-corrected chi connectivity index (χ0v) is 9.82. The third kappa shape index (κ3) is 1.78. The first kappa shape index (κ1) is 10.3. The van der Waals surface area contributed by atoms with Crippen LogP contribution < -0.4 is 0 Å². The maximum absolute atomic E-state index is 6.30. The van der Waals surface area contributed by atoms with Crippen LogP contribution in [0.5, 0.6) is 0 Å². The van der Waals surface area contributed by atoms with Crippen LogP contribution in [-0.2, 0) is 11.3 Å². The van der Waals surface area contributed by atoms with E-state index in [0.29, 0.717) is 0 Å². The fourth-order valence-corrected chi connectivity index (χ4v) is 3.56. The molecule has 16 heavy (non-hydrogen) atoms. The predicted octanol–water partition coefficient (Wildman–Crippen LogP) is 3.93. The second-order valence-corrected chi connectivity index (χ2v) is 5.32. The van der Waals surface area contributed by atoms with Gasteiger partial charge in [-0.2, -0.15) is 0 Å². The molecule has 2 aliphatic carbocycles. The smallest absolute Gasteiger partial charge is 0.0724 e. The highest BCUT2D eigenvalue weighted by Crippen LogP contribution is 2.50. The largest absolute Gasteiger partial charge is 0.370 e. The van der Waals surface area contributed by atoms with Gasteiger partial charge < -0.3 is 4.74 Å². The van der Waals surface area contributed by atoms with Gasteiger partial charge in [0.1, 0.15) is 0 Å². The fraction of sp³-hybridized carbons (Fsp3) is 0.600. The van der Waals surface area contributed by atoms with Crippen molar-refractivity contribution >= 4 is 0 Å². The van der Waals surface area contributed by atoms with Crippen molar-refractivity contribution in [3.05, 3.63) is 35.9 Å². The van der Waals surface area contributed by atoms with Crippen molar-refractivity contribution in [2.24, 2.45) is 5.92 Å². The Balaban J connectivity index is 1.66. The minimum atomic E-state index is 0.260.